The molecule has 0 N–H and O–H groups in total. The van der Waals surface area contributed by atoms with Gasteiger partial charge in [0.15, 0.2) is 13.0 Å². The minimum atomic E-state index is -2.61. The van der Waals surface area contributed by atoms with Crippen LogP contribution in [-0.4, -0.2) is 27.9 Å². The first-order valence-electron chi connectivity index (χ1n) is 6.19. The number of imidazole rings is 1. The second kappa shape index (κ2) is 4.43. The Morgan fingerprint density at radius 1 is 1.21 bits per heavy atom. The van der Waals surface area contributed by atoms with Crippen LogP contribution in [0.5, 0.6) is 0 Å². The molecule has 104 valence electrons. The van der Waals surface area contributed by atoms with Gasteiger partial charge in [-0.05, 0) is 39.8 Å². The maximum atomic E-state index is 12.0. The van der Waals surface area contributed by atoms with E-state index in [0.29, 0.717) is 0 Å². The van der Waals surface area contributed by atoms with E-state index in [1.807, 2.05) is 44.4 Å². The molecule has 0 aliphatic heterocycles. The summed E-state index contributed by atoms with van der Waals surface area (Å²) >= 11 is 0. The maximum Gasteiger partial charge on any atom is 0.199 e. The van der Waals surface area contributed by atoms with Crippen LogP contribution < -0.4 is 0 Å². The number of nitrogens with zero attached hydrogens (tertiary/aromatic N) is 3. The molecule has 0 aromatic carbocycles. The molecule has 0 saturated carbocycles. The normalized spacial score (nSPS) is 13.2. The van der Waals surface area contributed by atoms with Gasteiger partial charge in [-0.15, -0.1) is 0 Å². The Bertz CT molecular complexity index is 670. The van der Waals surface area contributed by atoms with E-state index in [1.165, 1.54) is 0 Å². The summed E-state index contributed by atoms with van der Waals surface area (Å²) in [5.41, 5.74) is 1.75. The Morgan fingerprint density at radius 2 is 1.84 bits per heavy atom. The number of pyridine rings is 1. The van der Waals surface area contributed by atoms with Crippen molar-refractivity contribution in [2.24, 2.45) is 0 Å². The van der Waals surface area contributed by atoms with Crippen LogP contribution in [-0.2, 0) is 14.8 Å². The lowest BCUT2D eigenvalue weighted by Crippen LogP contribution is -2.29. The number of fused-ring (bicyclic) bond motifs is 1. The van der Waals surface area contributed by atoms with Crippen LogP contribution in [0, 0.1) is 13.8 Å². The molecule has 2 aromatic rings. The quantitative estimate of drug-likeness (QED) is 0.810. The molecule has 0 aliphatic carbocycles. The average molecular weight is 281 g/mol. The molecular weight excluding hydrogens is 261 g/mol. The molecule has 0 aliphatic rings. The predicted molar refractivity (Wildman–Crippen MR) is 76.9 cm³/mol. The van der Waals surface area contributed by atoms with Gasteiger partial charge in [0, 0.05) is 19.0 Å². The molecule has 0 atom stereocenters. The smallest absolute Gasteiger partial charge is 0.199 e. The summed E-state index contributed by atoms with van der Waals surface area (Å²) < 4.78 is 19.6. The fourth-order valence-electron chi connectivity index (χ4n) is 2.39. The lowest BCUT2D eigenvalue weighted by atomic mass is 10.3. The highest BCUT2D eigenvalue weighted by Crippen LogP contribution is 2.45. The minimum Gasteiger partial charge on any atom is -0.302 e. The van der Waals surface area contributed by atoms with Gasteiger partial charge >= 0.3 is 0 Å². The van der Waals surface area contributed by atoms with Crippen LogP contribution in [0.15, 0.2) is 12.1 Å². The Hall–Kier alpha value is -1.19. The Kier molecular flexibility index (Phi) is 3.31. The first kappa shape index (κ1) is 14.2. The number of aryl methyl sites for hydroxylation is 2. The van der Waals surface area contributed by atoms with Crippen molar-refractivity contribution in [3.63, 3.8) is 0 Å². The van der Waals surface area contributed by atoms with Gasteiger partial charge in [-0.2, -0.15) is 0 Å². The van der Waals surface area contributed by atoms with Crippen LogP contribution >= 0.6 is 7.37 Å². The van der Waals surface area contributed by atoms with Crippen LogP contribution in [0.4, 0.5) is 0 Å². The molecule has 0 bridgehead atoms. The van der Waals surface area contributed by atoms with E-state index in [9.17, 15) is 4.57 Å². The molecule has 0 unspecified atom stereocenters. The molecule has 0 radical (unpaired) electrons. The Balaban J connectivity index is 2.64. The van der Waals surface area contributed by atoms with E-state index in [4.69, 9.17) is 4.52 Å². The van der Waals surface area contributed by atoms with Crippen molar-refractivity contribution >= 4 is 18.5 Å². The average Bonchev–Trinajstić information content (AvgIpc) is 2.49. The Labute approximate surface area is 113 Å². The van der Waals surface area contributed by atoms with Crippen LogP contribution in [0.2, 0.25) is 0 Å². The minimum absolute atomic E-state index is 0.751. The zero-order chi connectivity index (χ0) is 14.4. The van der Waals surface area contributed by atoms with Gasteiger partial charge < -0.3 is 4.52 Å². The largest absolute Gasteiger partial charge is 0.302 e. The molecule has 19 heavy (non-hydrogen) atoms. The third kappa shape index (κ3) is 2.88. The van der Waals surface area contributed by atoms with Crippen molar-refractivity contribution in [2.45, 2.75) is 33.4 Å². The highest BCUT2D eigenvalue weighted by atomic mass is 31.2. The third-order valence-electron chi connectivity index (χ3n) is 2.79. The van der Waals surface area contributed by atoms with Gasteiger partial charge in [0.05, 0.1) is 0 Å². The third-order valence-corrected chi connectivity index (χ3v) is 3.68. The molecular formula is C13H20N3O2P. The molecule has 0 saturated heterocycles. The molecule has 2 aromatic heterocycles. The van der Waals surface area contributed by atoms with E-state index in [2.05, 4.69) is 9.97 Å². The summed E-state index contributed by atoms with van der Waals surface area (Å²) in [6.07, 6.45) is 0. The van der Waals surface area contributed by atoms with Crippen molar-refractivity contribution in [3.8, 4) is 0 Å². The second-order valence-electron chi connectivity index (χ2n) is 5.58. The maximum absolute atomic E-state index is 12.0. The highest BCUT2D eigenvalue weighted by molar-refractivity contribution is 7.57. The van der Waals surface area contributed by atoms with E-state index in [-0.39, 0.29) is 0 Å². The van der Waals surface area contributed by atoms with E-state index >= 15 is 0 Å². The zero-order valence-corrected chi connectivity index (χ0v) is 13.2. The standard InChI is InChI=1S/C13H20N3O2P/c1-9-7-8-11-12(14-9)16(10(2)15-11)13(3,4)18-19(5,6)17/h7-8H,1-6H3. The van der Waals surface area contributed by atoms with Crippen molar-refractivity contribution in [1.29, 1.82) is 0 Å². The molecule has 0 spiro atoms. The summed E-state index contributed by atoms with van der Waals surface area (Å²) in [6.45, 7) is 10.8. The first-order valence-corrected chi connectivity index (χ1v) is 8.71. The second-order valence-corrected chi connectivity index (χ2v) is 8.27. The lowest BCUT2D eigenvalue weighted by Gasteiger charge is -2.30. The van der Waals surface area contributed by atoms with Gasteiger partial charge in [-0.3, -0.25) is 9.13 Å². The van der Waals surface area contributed by atoms with Crippen molar-refractivity contribution in [2.75, 3.05) is 13.3 Å². The lowest BCUT2D eigenvalue weighted by molar-refractivity contribution is 0.0379. The van der Waals surface area contributed by atoms with Crippen LogP contribution in [0.3, 0.4) is 0 Å². The highest BCUT2D eigenvalue weighted by Gasteiger charge is 2.30. The molecule has 2 heterocycles. The van der Waals surface area contributed by atoms with Crippen molar-refractivity contribution in [1.82, 2.24) is 14.5 Å². The number of hydrogen-bond donors (Lipinski definition) is 0. The van der Waals surface area contributed by atoms with Gasteiger partial charge in [-0.1, -0.05) is 0 Å². The fourth-order valence-corrected chi connectivity index (χ4v) is 3.55. The van der Waals surface area contributed by atoms with Gasteiger partial charge in [0.2, 0.25) is 0 Å². The first-order chi connectivity index (χ1) is 8.60. The number of aromatic nitrogens is 3. The predicted octanol–water partition coefficient (Wildman–Crippen LogP) is 3.30. The van der Waals surface area contributed by atoms with Gasteiger partial charge in [0.25, 0.3) is 0 Å². The summed E-state index contributed by atoms with van der Waals surface area (Å²) in [7, 11) is -2.61. The summed E-state index contributed by atoms with van der Waals surface area (Å²) in [4.78, 5) is 9.00. The molecule has 6 heteroatoms. The van der Waals surface area contributed by atoms with Crippen LogP contribution in [0.1, 0.15) is 25.4 Å². The van der Waals surface area contributed by atoms with E-state index in [0.717, 1.165) is 22.7 Å². The Morgan fingerprint density at radius 3 is 2.42 bits per heavy atom. The summed E-state index contributed by atoms with van der Waals surface area (Å²) in [5.74, 6) is 0.798. The van der Waals surface area contributed by atoms with Crippen LogP contribution in [0.25, 0.3) is 11.2 Å². The van der Waals surface area contributed by atoms with E-state index < -0.39 is 13.1 Å². The zero-order valence-electron chi connectivity index (χ0n) is 12.3. The summed E-state index contributed by atoms with van der Waals surface area (Å²) in [5, 5.41) is 0. The monoisotopic (exact) mass is 281 g/mol. The van der Waals surface area contributed by atoms with E-state index in [1.54, 1.807) is 13.3 Å². The van der Waals surface area contributed by atoms with Gasteiger partial charge in [-0.25, -0.2) is 9.97 Å². The van der Waals surface area contributed by atoms with Crippen molar-refractivity contribution < 1.29 is 9.09 Å². The molecule has 0 amide bonds. The summed E-state index contributed by atoms with van der Waals surface area (Å²) in [6, 6.07) is 3.87. The number of rotatable bonds is 3. The molecule has 5 nitrogen and oxygen atoms in total. The fraction of sp³-hybridized carbons (Fsp3) is 0.538. The molecule has 0 fully saturated rings. The molecule has 2 rings (SSSR count). The van der Waals surface area contributed by atoms with Crippen molar-refractivity contribution in [3.05, 3.63) is 23.7 Å². The number of hydrogen-bond acceptors (Lipinski definition) is 4. The van der Waals surface area contributed by atoms with Gasteiger partial charge in [0.1, 0.15) is 17.1 Å². The topological polar surface area (TPSA) is 57.0 Å². The SMILES string of the molecule is Cc1ccc2nc(C)n(C(C)(C)OP(C)(C)=O)c2n1.